The van der Waals surface area contributed by atoms with Crippen LogP contribution in [0.5, 0.6) is 0 Å². The van der Waals surface area contributed by atoms with Crippen molar-refractivity contribution in [2.75, 3.05) is 5.32 Å². The monoisotopic (exact) mass is 277 g/mol. The minimum Gasteiger partial charge on any atom is -0.477 e. The van der Waals surface area contributed by atoms with Crippen LogP contribution in [0.25, 0.3) is 0 Å². The van der Waals surface area contributed by atoms with E-state index < -0.39 is 28.0 Å². The second-order valence-corrected chi connectivity index (χ2v) is 3.78. The zero-order valence-electron chi connectivity index (χ0n) is 9.91. The molecule has 0 saturated carbocycles. The second-order valence-electron chi connectivity index (χ2n) is 3.78. The predicted octanol–water partition coefficient (Wildman–Crippen LogP) is 2.57. The van der Waals surface area contributed by atoms with E-state index in [2.05, 4.69) is 10.3 Å². The van der Waals surface area contributed by atoms with Gasteiger partial charge in [0.2, 0.25) is 0 Å². The molecule has 20 heavy (non-hydrogen) atoms. The van der Waals surface area contributed by atoms with Gasteiger partial charge in [-0.15, -0.1) is 0 Å². The number of nitrogens with one attached hydrogen (secondary N) is 1. The molecule has 0 spiro atoms. The van der Waals surface area contributed by atoms with E-state index in [4.69, 9.17) is 5.11 Å². The molecule has 2 rings (SSSR count). The summed E-state index contributed by atoms with van der Waals surface area (Å²) in [4.78, 5) is 24.5. The highest BCUT2D eigenvalue weighted by Crippen LogP contribution is 2.22. The Morgan fingerprint density at radius 1 is 1.40 bits per heavy atom. The summed E-state index contributed by atoms with van der Waals surface area (Å²) in [5.41, 5.74) is -0.756. The van der Waals surface area contributed by atoms with Crippen molar-refractivity contribution in [2.45, 2.75) is 0 Å². The first-order valence-electron chi connectivity index (χ1n) is 5.37. The quantitative estimate of drug-likeness (QED) is 0.657. The SMILES string of the molecule is O=C(O)c1cc(Nc2cccc(F)c2)ncc1[N+](=O)[O-]. The maximum atomic E-state index is 13.0. The lowest BCUT2D eigenvalue weighted by Crippen LogP contribution is -2.05. The second kappa shape index (κ2) is 5.31. The molecule has 7 nitrogen and oxygen atoms in total. The van der Waals surface area contributed by atoms with Crippen LogP contribution in [0.1, 0.15) is 10.4 Å². The van der Waals surface area contributed by atoms with E-state index >= 15 is 0 Å². The van der Waals surface area contributed by atoms with Crippen molar-refractivity contribution in [2.24, 2.45) is 0 Å². The molecule has 1 heterocycles. The summed E-state index contributed by atoms with van der Waals surface area (Å²) in [6, 6.07) is 6.46. The van der Waals surface area contributed by atoms with Gasteiger partial charge in [-0.05, 0) is 18.2 Å². The Labute approximate surface area is 111 Å². The molecule has 102 valence electrons. The number of rotatable bonds is 4. The molecule has 0 saturated heterocycles. The molecular weight excluding hydrogens is 269 g/mol. The average Bonchev–Trinajstić information content (AvgIpc) is 2.38. The van der Waals surface area contributed by atoms with E-state index in [0.717, 1.165) is 12.3 Å². The normalized spacial score (nSPS) is 10.1. The number of nitro groups is 1. The van der Waals surface area contributed by atoms with E-state index in [1.807, 2.05) is 0 Å². The zero-order valence-corrected chi connectivity index (χ0v) is 9.91. The van der Waals surface area contributed by atoms with Gasteiger partial charge in [-0.3, -0.25) is 10.1 Å². The largest absolute Gasteiger partial charge is 0.477 e. The Hall–Kier alpha value is -3.03. The fourth-order valence-corrected chi connectivity index (χ4v) is 1.55. The topological polar surface area (TPSA) is 105 Å². The molecule has 1 aromatic carbocycles. The Morgan fingerprint density at radius 3 is 2.75 bits per heavy atom. The highest BCUT2D eigenvalue weighted by atomic mass is 19.1. The molecule has 0 aliphatic carbocycles. The number of aromatic carboxylic acids is 1. The van der Waals surface area contributed by atoms with Gasteiger partial charge in [0, 0.05) is 11.8 Å². The number of hydrogen-bond acceptors (Lipinski definition) is 5. The van der Waals surface area contributed by atoms with Crippen molar-refractivity contribution < 1.29 is 19.2 Å². The summed E-state index contributed by atoms with van der Waals surface area (Å²) in [6.45, 7) is 0. The zero-order chi connectivity index (χ0) is 14.7. The molecule has 0 aliphatic heterocycles. The average molecular weight is 277 g/mol. The van der Waals surface area contributed by atoms with Crippen molar-refractivity contribution in [1.82, 2.24) is 4.98 Å². The highest BCUT2D eigenvalue weighted by molar-refractivity contribution is 5.93. The third-order valence-corrected chi connectivity index (χ3v) is 2.41. The van der Waals surface area contributed by atoms with Crippen LogP contribution in [0.3, 0.4) is 0 Å². The third kappa shape index (κ3) is 2.86. The molecule has 2 aromatic rings. The van der Waals surface area contributed by atoms with Gasteiger partial charge in [0.05, 0.1) is 4.92 Å². The summed E-state index contributed by atoms with van der Waals surface area (Å²) >= 11 is 0. The standard InChI is InChI=1S/C12H8FN3O4/c13-7-2-1-3-8(4-7)15-11-5-9(12(17)18)10(6-14-11)16(19)20/h1-6H,(H,14,15)(H,17,18). The lowest BCUT2D eigenvalue weighted by Gasteiger charge is -2.06. The first-order valence-corrected chi connectivity index (χ1v) is 5.37. The Kier molecular flexibility index (Phi) is 3.56. The van der Waals surface area contributed by atoms with Crippen LogP contribution in [0, 0.1) is 15.9 Å². The summed E-state index contributed by atoms with van der Waals surface area (Å²) in [5, 5.41) is 22.3. The first-order chi connectivity index (χ1) is 9.47. The minimum absolute atomic E-state index is 0.0681. The molecule has 0 aliphatic rings. The lowest BCUT2D eigenvalue weighted by atomic mass is 10.2. The van der Waals surface area contributed by atoms with Crippen LogP contribution in [-0.2, 0) is 0 Å². The number of pyridine rings is 1. The fraction of sp³-hybridized carbons (Fsp3) is 0. The van der Waals surface area contributed by atoms with Gasteiger partial charge in [0.25, 0.3) is 0 Å². The molecule has 0 radical (unpaired) electrons. The van der Waals surface area contributed by atoms with Crippen LogP contribution in [-0.4, -0.2) is 21.0 Å². The maximum Gasteiger partial charge on any atom is 0.342 e. The van der Waals surface area contributed by atoms with Crippen molar-refractivity contribution >= 4 is 23.2 Å². The maximum absolute atomic E-state index is 13.0. The molecule has 1 aromatic heterocycles. The summed E-state index contributed by atoms with van der Waals surface area (Å²) in [7, 11) is 0. The number of aromatic nitrogens is 1. The van der Waals surface area contributed by atoms with Gasteiger partial charge in [-0.25, -0.2) is 14.2 Å². The molecule has 0 bridgehead atoms. The molecule has 0 fully saturated rings. The van der Waals surface area contributed by atoms with Crippen molar-refractivity contribution in [1.29, 1.82) is 0 Å². The number of hydrogen-bond donors (Lipinski definition) is 2. The smallest absolute Gasteiger partial charge is 0.342 e. The van der Waals surface area contributed by atoms with Crippen LogP contribution in [0.4, 0.5) is 21.6 Å². The number of carboxylic acid groups (broad SMARTS) is 1. The molecule has 0 unspecified atom stereocenters. The van der Waals surface area contributed by atoms with Gasteiger partial charge in [-0.2, -0.15) is 0 Å². The molecule has 0 atom stereocenters. The van der Waals surface area contributed by atoms with Crippen LogP contribution < -0.4 is 5.32 Å². The van der Waals surface area contributed by atoms with Crippen LogP contribution in [0.15, 0.2) is 36.5 Å². The van der Waals surface area contributed by atoms with Crippen LogP contribution >= 0.6 is 0 Å². The summed E-state index contributed by atoms with van der Waals surface area (Å²) < 4.78 is 13.0. The Bertz CT molecular complexity index is 690. The fourth-order valence-electron chi connectivity index (χ4n) is 1.55. The number of benzene rings is 1. The van der Waals surface area contributed by atoms with Gasteiger partial charge in [0.1, 0.15) is 23.4 Å². The third-order valence-electron chi connectivity index (χ3n) is 2.41. The molecule has 0 amide bonds. The van der Waals surface area contributed by atoms with E-state index in [9.17, 15) is 19.3 Å². The Balaban J connectivity index is 2.36. The van der Waals surface area contributed by atoms with E-state index in [1.165, 1.54) is 18.2 Å². The lowest BCUT2D eigenvalue weighted by molar-refractivity contribution is -0.385. The van der Waals surface area contributed by atoms with E-state index in [-0.39, 0.29) is 5.82 Å². The van der Waals surface area contributed by atoms with Crippen molar-refractivity contribution in [3.05, 3.63) is 58.0 Å². The van der Waals surface area contributed by atoms with Gasteiger partial charge >= 0.3 is 11.7 Å². The van der Waals surface area contributed by atoms with Gasteiger partial charge in [-0.1, -0.05) is 6.07 Å². The molecule has 8 heteroatoms. The number of anilines is 2. The Morgan fingerprint density at radius 2 is 2.15 bits per heavy atom. The predicted molar refractivity (Wildman–Crippen MR) is 67.5 cm³/mol. The van der Waals surface area contributed by atoms with E-state index in [1.54, 1.807) is 6.07 Å². The number of carboxylic acids is 1. The van der Waals surface area contributed by atoms with Crippen molar-refractivity contribution in [3.63, 3.8) is 0 Å². The first kappa shape index (κ1) is 13.4. The summed E-state index contributed by atoms with van der Waals surface area (Å²) in [5.74, 6) is -1.85. The minimum atomic E-state index is -1.44. The van der Waals surface area contributed by atoms with Gasteiger partial charge in [0.15, 0.2) is 0 Å². The molecular formula is C12H8FN3O4. The molecule has 2 N–H and O–H groups in total. The summed E-state index contributed by atoms with van der Waals surface area (Å²) in [6.07, 6.45) is 0.838. The van der Waals surface area contributed by atoms with Crippen LogP contribution in [0.2, 0.25) is 0 Å². The van der Waals surface area contributed by atoms with Crippen molar-refractivity contribution in [3.8, 4) is 0 Å². The highest BCUT2D eigenvalue weighted by Gasteiger charge is 2.21. The number of carbonyl (C=O) groups is 1. The van der Waals surface area contributed by atoms with E-state index in [0.29, 0.717) is 5.69 Å². The number of halogens is 1. The van der Waals surface area contributed by atoms with Gasteiger partial charge < -0.3 is 10.4 Å². The number of nitrogens with zero attached hydrogens (tertiary/aromatic N) is 2.